The SMILES string of the molecule is CC(=O)N1CCC(Oc2ccc(Br)cc2)CC1. The van der Waals surface area contributed by atoms with Crippen molar-refractivity contribution in [3.05, 3.63) is 28.7 Å². The number of likely N-dealkylation sites (tertiary alicyclic amines) is 1. The van der Waals surface area contributed by atoms with Gasteiger partial charge in [-0.05, 0) is 24.3 Å². The molecule has 1 amide bonds. The molecular weight excluding hydrogens is 282 g/mol. The van der Waals surface area contributed by atoms with Gasteiger partial charge in [-0.25, -0.2) is 0 Å². The first-order valence-corrected chi connectivity index (χ1v) is 6.62. The maximum absolute atomic E-state index is 11.2. The molecule has 0 spiro atoms. The monoisotopic (exact) mass is 297 g/mol. The lowest BCUT2D eigenvalue weighted by Crippen LogP contribution is -2.40. The lowest BCUT2D eigenvalue weighted by molar-refractivity contribution is -0.130. The van der Waals surface area contributed by atoms with Crippen LogP contribution in [0.15, 0.2) is 28.7 Å². The van der Waals surface area contributed by atoms with Crippen molar-refractivity contribution in [1.29, 1.82) is 0 Å². The van der Waals surface area contributed by atoms with Crippen LogP contribution in [-0.4, -0.2) is 30.0 Å². The number of amides is 1. The second-order valence-electron chi connectivity index (χ2n) is 4.28. The van der Waals surface area contributed by atoms with Crippen molar-refractivity contribution in [2.24, 2.45) is 0 Å². The van der Waals surface area contributed by atoms with Gasteiger partial charge in [-0.2, -0.15) is 0 Å². The van der Waals surface area contributed by atoms with Gasteiger partial charge in [0.1, 0.15) is 11.9 Å². The average Bonchev–Trinajstić information content (AvgIpc) is 2.33. The van der Waals surface area contributed by atoms with E-state index in [1.807, 2.05) is 29.2 Å². The van der Waals surface area contributed by atoms with Crippen LogP contribution in [0.4, 0.5) is 0 Å². The van der Waals surface area contributed by atoms with E-state index in [-0.39, 0.29) is 12.0 Å². The van der Waals surface area contributed by atoms with Crippen molar-refractivity contribution in [2.75, 3.05) is 13.1 Å². The summed E-state index contributed by atoms with van der Waals surface area (Å²) in [5, 5.41) is 0. The first kappa shape index (κ1) is 12.4. The third-order valence-corrected chi connectivity index (χ3v) is 3.53. The van der Waals surface area contributed by atoms with Crippen LogP contribution in [0.1, 0.15) is 19.8 Å². The number of rotatable bonds is 2. The van der Waals surface area contributed by atoms with Crippen molar-refractivity contribution < 1.29 is 9.53 Å². The molecule has 3 nitrogen and oxygen atoms in total. The number of nitrogens with zero attached hydrogens (tertiary/aromatic N) is 1. The van der Waals surface area contributed by atoms with Gasteiger partial charge in [0.15, 0.2) is 0 Å². The van der Waals surface area contributed by atoms with E-state index in [4.69, 9.17) is 4.74 Å². The van der Waals surface area contributed by atoms with Crippen molar-refractivity contribution in [3.8, 4) is 5.75 Å². The summed E-state index contributed by atoms with van der Waals surface area (Å²) in [5.41, 5.74) is 0. The molecule has 1 heterocycles. The Morgan fingerprint density at radius 3 is 2.41 bits per heavy atom. The number of carbonyl (C=O) groups is 1. The molecule has 92 valence electrons. The molecule has 0 unspecified atom stereocenters. The van der Waals surface area contributed by atoms with Gasteiger partial charge in [0.05, 0.1) is 0 Å². The Labute approximate surface area is 110 Å². The largest absolute Gasteiger partial charge is 0.490 e. The van der Waals surface area contributed by atoms with E-state index < -0.39 is 0 Å². The van der Waals surface area contributed by atoms with E-state index in [1.165, 1.54) is 0 Å². The maximum Gasteiger partial charge on any atom is 0.219 e. The Kier molecular flexibility index (Phi) is 4.05. The molecule has 0 N–H and O–H groups in total. The van der Waals surface area contributed by atoms with Crippen molar-refractivity contribution >= 4 is 21.8 Å². The molecule has 0 aromatic heterocycles. The minimum atomic E-state index is 0.159. The molecule has 1 aromatic rings. The van der Waals surface area contributed by atoms with E-state index in [9.17, 15) is 4.79 Å². The highest BCUT2D eigenvalue weighted by Crippen LogP contribution is 2.21. The molecule has 0 radical (unpaired) electrons. The molecule has 0 saturated carbocycles. The van der Waals surface area contributed by atoms with Crippen LogP contribution < -0.4 is 4.74 Å². The summed E-state index contributed by atoms with van der Waals surface area (Å²) in [7, 11) is 0. The second-order valence-corrected chi connectivity index (χ2v) is 5.19. The molecule has 1 aliphatic heterocycles. The number of ether oxygens (including phenoxy) is 1. The second kappa shape index (κ2) is 5.54. The molecule has 1 aromatic carbocycles. The normalized spacial score (nSPS) is 16.9. The quantitative estimate of drug-likeness (QED) is 0.840. The van der Waals surface area contributed by atoms with Gasteiger partial charge in [-0.15, -0.1) is 0 Å². The molecule has 1 aliphatic rings. The Bertz CT molecular complexity index is 383. The first-order chi connectivity index (χ1) is 8.15. The fraction of sp³-hybridized carbons (Fsp3) is 0.462. The van der Waals surface area contributed by atoms with Crippen LogP contribution in [-0.2, 0) is 4.79 Å². The van der Waals surface area contributed by atoms with Gasteiger partial charge in [0.25, 0.3) is 0 Å². The minimum Gasteiger partial charge on any atom is -0.490 e. The molecule has 17 heavy (non-hydrogen) atoms. The van der Waals surface area contributed by atoms with Crippen LogP contribution in [0.3, 0.4) is 0 Å². The molecule has 1 saturated heterocycles. The molecule has 0 bridgehead atoms. The number of halogens is 1. The predicted molar refractivity (Wildman–Crippen MR) is 70.0 cm³/mol. The highest BCUT2D eigenvalue weighted by molar-refractivity contribution is 9.10. The van der Waals surface area contributed by atoms with E-state index in [2.05, 4.69) is 15.9 Å². The van der Waals surface area contributed by atoms with Crippen LogP contribution in [0.2, 0.25) is 0 Å². The third-order valence-electron chi connectivity index (χ3n) is 3.00. The Hall–Kier alpha value is -1.03. The third kappa shape index (κ3) is 3.46. The van der Waals surface area contributed by atoms with Gasteiger partial charge in [0, 0.05) is 37.3 Å². The molecule has 4 heteroatoms. The minimum absolute atomic E-state index is 0.159. The van der Waals surface area contributed by atoms with Crippen LogP contribution in [0.5, 0.6) is 5.75 Å². The predicted octanol–water partition coefficient (Wildman–Crippen LogP) is 2.84. The highest BCUT2D eigenvalue weighted by atomic mass is 79.9. The molecule has 0 atom stereocenters. The number of carbonyl (C=O) groups excluding carboxylic acids is 1. The van der Waals surface area contributed by atoms with E-state index in [0.717, 1.165) is 36.2 Å². The van der Waals surface area contributed by atoms with E-state index in [0.29, 0.717) is 0 Å². The average molecular weight is 298 g/mol. The zero-order chi connectivity index (χ0) is 12.3. The van der Waals surface area contributed by atoms with E-state index >= 15 is 0 Å². The van der Waals surface area contributed by atoms with Crippen molar-refractivity contribution in [1.82, 2.24) is 4.90 Å². The summed E-state index contributed by atoms with van der Waals surface area (Å²) in [6.07, 6.45) is 2.05. The summed E-state index contributed by atoms with van der Waals surface area (Å²) in [6.45, 7) is 3.23. The first-order valence-electron chi connectivity index (χ1n) is 5.83. The summed E-state index contributed by atoms with van der Waals surface area (Å²) in [6, 6.07) is 7.86. The molecular formula is C13H16BrNO2. The van der Waals surface area contributed by atoms with E-state index in [1.54, 1.807) is 6.92 Å². The fourth-order valence-corrected chi connectivity index (χ4v) is 2.26. The molecule has 1 fully saturated rings. The van der Waals surface area contributed by atoms with Crippen molar-refractivity contribution in [2.45, 2.75) is 25.9 Å². The zero-order valence-corrected chi connectivity index (χ0v) is 11.4. The standard InChI is InChI=1S/C13H16BrNO2/c1-10(16)15-8-6-13(7-9-15)17-12-4-2-11(14)3-5-12/h2-5,13H,6-9H2,1H3. The van der Waals surface area contributed by atoms with Gasteiger partial charge in [-0.1, -0.05) is 15.9 Å². The highest BCUT2D eigenvalue weighted by Gasteiger charge is 2.21. The number of hydrogen-bond donors (Lipinski definition) is 0. The van der Waals surface area contributed by atoms with Crippen molar-refractivity contribution in [3.63, 3.8) is 0 Å². The smallest absolute Gasteiger partial charge is 0.219 e. The number of hydrogen-bond acceptors (Lipinski definition) is 2. The fourth-order valence-electron chi connectivity index (χ4n) is 1.99. The zero-order valence-electron chi connectivity index (χ0n) is 9.86. The van der Waals surface area contributed by atoms with Crippen LogP contribution >= 0.6 is 15.9 Å². The molecule has 0 aliphatic carbocycles. The number of piperidine rings is 1. The lowest BCUT2D eigenvalue weighted by atomic mass is 10.1. The topological polar surface area (TPSA) is 29.5 Å². The lowest BCUT2D eigenvalue weighted by Gasteiger charge is -2.31. The summed E-state index contributed by atoms with van der Waals surface area (Å²) >= 11 is 3.39. The summed E-state index contributed by atoms with van der Waals surface area (Å²) in [4.78, 5) is 13.1. The Balaban J connectivity index is 1.85. The Morgan fingerprint density at radius 2 is 1.88 bits per heavy atom. The van der Waals surface area contributed by atoms with Gasteiger partial charge in [-0.3, -0.25) is 4.79 Å². The summed E-state index contributed by atoms with van der Waals surface area (Å²) < 4.78 is 6.93. The maximum atomic E-state index is 11.2. The number of benzene rings is 1. The van der Waals surface area contributed by atoms with Crippen LogP contribution in [0, 0.1) is 0 Å². The summed E-state index contributed by atoms with van der Waals surface area (Å²) in [5.74, 6) is 1.06. The van der Waals surface area contributed by atoms with Gasteiger partial charge < -0.3 is 9.64 Å². The van der Waals surface area contributed by atoms with Crippen LogP contribution in [0.25, 0.3) is 0 Å². The molecule has 2 rings (SSSR count). The Morgan fingerprint density at radius 1 is 1.29 bits per heavy atom. The van der Waals surface area contributed by atoms with Gasteiger partial charge >= 0.3 is 0 Å². The van der Waals surface area contributed by atoms with Gasteiger partial charge in [0.2, 0.25) is 5.91 Å².